The lowest BCUT2D eigenvalue weighted by atomic mass is 10.1. The summed E-state index contributed by atoms with van der Waals surface area (Å²) in [6.45, 7) is 2.04. The molecule has 1 atom stereocenters. The number of nitrogen functional groups attached to an aromatic ring is 1. The molecule has 6 heteroatoms. The number of anilines is 2. The summed E-state index contributed by atoms with van der Waals surface area (Å²) >= 11 is 5.77. The highest BCUT2D eigenvalue weighted by Gasteiger charge is 2.11. The smallest absolute Gasteiger partial charge is 0.224 e. The Balaban J connectivity index is 2.07. The molecule has 0 fully saturated rings. The van der Waals surface area contributed by atoms with E-state index in [0.29, 0.717) is 23.7 Å². The summed E-state index contributed by atoms with van der Waals surface area (Å²) in [6, 6.07) is 9.36. The molecule has 0 amide bonds. The quantitative estimate of drug-likeness (QED) is 0.747. The summed E-state index contributed by atoms with van der Waals surface area (Å²) in [7, 11) is 0. The van der Waals surface area contributed by atoms with Crippen LogP contribution in [0.25, 0.3) is 0 Å². The molecule has 0 aliphatic carbocycles. The van der Waals surface area contributed by atoms with E-state index in [-0.39, 0.29) is 5.28 Å². The molecule has 4 N–H and O–H groups in total. The van der Waals surface area contributed by atoms with E-state index in [4.69, 9.17) is 17.3 Å². The van der Waals surface area contributed by atoms with Crippen LogP contribution in [0.4, 0.5) is 11.5 Å². The molecule has 0 aliphatic heterocycles. The van der Waals surface area contributed by atoms with E-state index < -0.39 is 6.10 Å². The molecule has 0 saturated carbocycles. The van der Waals surface area contributed by atoms with E-state index in [0.717, 1.165) is 5.56 Å². The van der Waals surface area contributed by atoms with Gasteiger partial charge in [0.1, 0.15) is 0 Å². The number of nitrogens with two attached hydrogens (primary N) is 1. The SMILES string of the molecule is Cc1nc(Cl)nc(NCC(O)c2ccccc2)c1N. The molecule has 2 rings (SSSR count). The van der Waals surface area contributed by atoms with Crippen LogP contribution in [0.15, 0.2) is 30.3 Å². The maximum atomic E-state index is 10.0. The topological polar surface area (TPSA) is 84.1 Å². The van der Waals surface area contributed by atoms with Gasteiger partial charge in [-0.05, 0) is 24.1 Å². The lowest BCUT2D eigenvalue weighted by molar-refractivity contribution is 0.191. The van der Waals surface area contributed by atoms with Crippen LogP contribution in [0.3, 0.4) is 0 Å². The number of rotatable bonds is 4. The second-order valence-corrected chi connectivity index (χ2v) is 4.49. The van der Waals surface area contributed by atoms with Gasteiger partial charge in [-0.15, -0.1) is 0 Å². The third-order valence-corrected chi connectivity index (χ3v) is 2.93. The molecule has 100 valence electrons. The Morgan fingerprint density at radius 3 is 2.68 bits per heavy atom. The molecule has 0 spiro atoms. The third kappa shape index (κ3) is 3.33. The van der Waals surface area contributed by atoms with Crippen LogP contribution in [0.5, 0.6) is 0 Å². The number of aliphatic hydroxyl groups is 1. The normalized spacial score (nSPS) is 12.2. The first-order valence-corrected chi connectivity index (χ1v) is 6.22. The molecule has 5 nitrogen and oxygen atoms in total. The summed E-state index contributed by atoms with van der Waals surface area (Å²) < 4.78 is 0. The van der Waals surface area contributed by atoms with Crippen molar-refractivity contribution in [2.45, 2.75) is 13.0 Å². The van der Waals surface area contributed by atoms with Crippen LogP contribution in [0, 0.1) is 6.92 Å². The van der Waals surface area contributed by atoms with Gasteiger partial charge in [0.05, 0.1) is 17.5 Å². The van der Waals surface area contributed by atoms with Gasteiger partial charge in [0, 0.05) is 6.54 Å². The molecule has 0 saturated heterocycles. The lowest BCUT2D eigenvalue weighted by Crippen LogP contribution is -2.15. The first kappa shape index (κ1) is 13.6. The van der Waals surface area contributed by atoms with Crippen LogP contribution in [0.1, 0.15) is 17.4 Å². The summed E-state index contributed by atoms with van der Waals surface area (Å²) in [5, 5.41) is 13.1. The summed E-state index contributed by atoms with van der Waals surface area (Å²) in [4.78, 5) is 7.95. The minimum atomic E-state index is -0.644. The van der Waals surface area contributed by atoms with Crippen molar-refractivity contribution >= 4 is 23.1 Å². The van der Waals surface area contributed by atoms with E-state index in [1.54, 1.807) is 6.92 Å². The van der Waals surface area contributed by atoms with Crippen molar-refractivity contribution in [2.75, 3.05) is 17.6 Å². The number of nitrogens with zero attached hydrogens (tertiary/aromatic N) is 2. The van der Waals surface area contributed by atoms with Gasteiger partial charge in [0.15, 0.2) is 5.82 Å². The number of benzene rings is 1. The molecule has 19 heavy (non-hydrogen) atoms. The average molecular weight is 279 g/mol. The van der Waals surface area contributed by atoms with Gasteiger partial charge in [-0.1, -0.05) is 30.3 Å². The highest BCUT2D eigenvalue weighted by Crippen LogP contribution is 2.21. The molecule has 2 aromatic rings. The number of nitrogens with one attached hydrogen (secondary N) is 1. The molecule has 0 aliphatic rings. The zero-order valence-corrected chi connectivity index (χ0v) is 11.2. The van der Waals surface area contributed by atoms with Gasteiger partial charge >= 0.3 is 0 Å². The monoisotopic (exact) mass is 278 g/mol. The van der Waals surface area contributed by atoms with Crippen molar-refractivity contribution in [1.29, 1.82) is 0 Å². The van der Waals surface area contributed by atoms with Gasteiger partial charge < -0.3 is 16.2 Å². The second-order valence-electron chi connectivity index (χ2n) is 4.15. The van der Waals surface area contributed by atoms with E-state index in [1.807, 2.05) is 30.3 Å². The maximum absolute atomic E-state index is 10.0. The minimum Gasteiger partial charge on any atom is -0.394 e. The second kappa shape index (κ2) is 5.86. The van der Waals surface area contributed by atoms with Gasteiger partial charge in [-0.2, -0.15) is 4.98 Å². The Morgan fingerprint density at radius 1 is 1.32 bits per heavy atom. The van der Waals surface area contributed by atoms with Crippen molar-refractivity contribution < 1.29 is 5.11 Å². The highest BCUT2D eigenvalue weighted by atomic mass is 35.5. The zero-order valence-electron chi connectivity index (χ0n) is 10.5. The predicted octanol–water partition coefficient (Wildman–Crippen LogP) is 2.17. The number of aliphatic hydroxyl groups excluding tert-OH is 1. The first-order valence-electron chi connectivity index (χ1n) is 5.84. The van der Waals surface area contributed by atoms with E-state index >= 15 is 0 Å². The number of hydrogen-bond acceptors (Lipinski definition) is 5. The molecule has 1 unspecified atom stereocenters. The van der Waals surface area contributed by atoms with Crippen molar-refractivity contribution in [1.82, 2.24) is 9.97 Å². The van der Waals surface area contributed by atoms with Crippen LogP contribution in [0.2, 0.25) is 5.28 Å². The van der Waals surface area contributed by atoms with Crippen molar-refractivity contribution in [3.8, 4) is 0 Å². The van der Waals surface area contributed by atoms with Crippen molar-refractivity contribution in [2.24, 2.45) is 0 Å². The molecule has 0 bridgehead atoms. The van der Waals surface area contributed by atoms with E-state index in [9.17, 15) is 5.11 Å². The van der Waals surface area contributed by atoms with Crippen LogP contribution in [-0.2, 0) is 0 Å². The molecular weight excluding hydrogens is 264 g/mol. The minimum absolute atomic E-state index is 0.128. The largest absolute Gasteiger partial charge is 0.394 e. The summed E-state index contributed by atoms with van der Waals surface area (Å²) in [5.74, 6) is 0.437. The Labute approximate surface area is 116 Å². The predicted molar refractivity (Wildman–Crippen MR) is 76.1 cm³/mol. The zero-order chi connectivity index (χ0) is 13.8. The molecular formula is C13H15ClN4O. The summed E-state index contributed by atoms with van der Waals surface area (Å²) in [5.41, 5.74) is 7.72. The number of halogens is 1. The van der Waals surface area contributed by atoms with Crippen LogP contribution in [-0.4, -0.2) is 21.6 Å². The van der Waals surface area contributed by atoms with Gasteiger partial charge in [0.2, 0.25) is 5.28 Å². The third-order valence-electron chi connectivity index (χ3n) is 2.76. The number of aromatic nitrogens is 2. The molecule has 1 aromatic heterocycles. The maximum Gasteiger partial charge on any atom is 0.224 e. The molecule has 1 aromatic carbocycles. The molecule has 1 heterocycles. The Morgan fingerprint density at radius 2 is 2.00 bits per heavy atom. The van der Waals surface area contributed by atoms with E-state index in [2.05, 4.69) is 15.3 Å². The van der Waals surface area contributed by atoms with Crippen molar-refractivity contribution in [3.05, 3.63) is 46.9 Å². The fourth-order valence-electron chi connectivity index (χ4n) is 1.67. The Bertz CT molecular complexity index is 562. The van der Waals surface area contributed by atoms with Crippen molar-refractivity contribution in [3.63, 3.8) is 0 Å². The van der Waals surface area contributed by atoms with Crippen LogP contribution >= 0.6 is 11.6 Å². The lowest BCUT2D eigenvalue weighted by Gasteiger charge is -2.14. The summed E-state index contributed by atoms with van der Waals surface area (Å²) in [6.07, 6.45) is -0.644. The fraction of sp³-hybridized carbons (Fsp3) is 0.231. The fourth-order valence-corrected chi connectivity index (χ4v) is 1.88. The van der Waals surface area contributed by atoms with Crippen LogP contribution < -0.4 is 11.1 Å². The standard InChI is InChI=1S/C13H15ClN4O/c1-8-11(15)12(18-13(14)17-8)16-7-10(19)9-5-3-2-4-6-9/h2-6,10,19H,7,15H2,1H3,(H,16,17,18). The Hall–Kier alpha value is -1.85. The number of aryl methyl sites for hydroxylation is 1. The average Bonchev–Trinajstić information content (AvgIpc) is 2.41. The molecule has 0 radical (unpaired) electrons. The Kier molecular flexibility index (Phi) is 4.19. The first-order chi connectivity index (χ1) is 9.08. The highest BCUT2D eigenvalue weighted by molar-refractivity contribution is 6.28. The van der Waals surface area contributed by atoms with E-state index in [1.165, 1.54) is 0 Å². The number of hydrogen-bond donors (Lipinski definition) is 3. The van der Waals surface area contributed by atoms with Gasteiger partial charge in [-0.3, -0.25) is 0 Å². The van der Waals surface area contributed by atoms with Gasteiger partial charge in [-0.25, -0.2) is 4.98 Å². The van der Waals surface area contributed by atoms with Gasteiger partial charge in [0.25, 0.3) is 0 Å².